The minimum atomic E-state index is -1.46. The zero-order valence-corrected chi connectivity index (χ0v) is 35.4. The number of carbonyl (C=O) groups excluding carboxylic acids is 2. The van der Waals surface area contributed by atoms with Gasteiger partial charge in [-0.1, -0.05) is 49.6 Å². The van der Waals surface area contributed by atoms with Gasteiger partial charge in [0.25, 0.3) is 0 Å². The molecular formula is C47H66N6O9. The first-order valence-electron chi connectivity index (χ1n) is 22.4. The number of carboxylic acids is 1. The van der Waals surface area contributed by atoms with E-state index in [2.05, 4.69) is 44.9 Å². The molecule has 1 aliphatic heterocycles. The summed E-state index contributed by atoms with van der Waals surface area (Å²) in [4.78, 5) is 43.5. The van der Waals surface area contributed by atoms with Crippen molar-refractivity contribution in [3.63, 3.8) is 0 Å². The number of aliphatic hydroxyl groups excluding tert-OH is 3. The Balaban J connectivity index is 1.29. The number of nitrogens with one attached hydrogen (secondary N) is 3. The molecule has 0 radical (unpaired) electrons. The van der Waals surface area contributed by atoms with Crippen LogP contribution in [0.5, 0.6) is 0 Å². The molecule has 0 unspecified atom stereocenters. The van der Waals surface area contributed by atoms with Gasteiger partial charge in [-0.3, -0.25) is 0 Å². The Labute approximate surface area is 363 Å². The first kappa shape index (κ1) is 46.9. The van der Waals surface area contributed by atoms with Gasteiger partial charge in [0.05, 0.1) is 23.7 Å². The van der Waals surface area contributed by atoms with Crippen LogP contribution in [0.15, 0.2) is 65.3 Å². The molecular weight excluding hydrogens is 793 g/mol. The quantitative estimate of drug-likeness (QED) is 0.0369. The largest absolute Gasteiger partial charge is 0.478 e. The number of rotatable bonds is 23. The fourth-order valence-corrected chi connectivity index (χ4v) is 10.3. The van der Waals surface area contributed by atoms with E-state index in [9.17, 15) is 45.0 Å². The Bertz CT molecular complexity index is 2020. The van der Waals surface area contributed by atoms with Gasteiger partial charge in [-0.05, 0) is 134 Å². The van der Waals surface area contributed by atoms with Crippen LogP contribution in [0.4, 0.5) is 5.82 Å². The molecule has 0 bridgehead atoms. The molecule has 2 aliphatic carbocycles. The number of aliphatic imine (C=N–C) groups is 1. The normalized spacial score (nSPS) is 23.7. The van der Waals surface area contributed by atoms with E-state index >= 15 is 0 Å². The van der Waals surface area contributed by atoms with Crippen LogP contribution in [0.2, 0.25) is 0 Å². The van der Waals surface area contributed by atoms with Crippen LogP contribution >= 0.6 is 0 Å². The number of aliphatic carboxylic acids is 1. The Kier molecular flexibility index (Phi) is 16.3. The number of carbonyl (C=O) groups is 3. The van der Waals surface area contributed by atoms with Gasteiger partial charge in [-0.25, -0.2) is 9.79 Å². The van der Waals surface area contributed by atoms with Crippen molar-refractivity contribution >= 4 is 41.1 Å². The summed E-state index contributed by atoms with van der Waals surface area (Å²) in [5.41, 5.74) is 15.4. The van der Waals surface area contributed by atoms with E-state index in [4.69, 9.17) is 11.5 Å². The van der Waals surface area contributed by atoms with Gasteiger partial charge in [-0.15, -0.1) is 0 Å². The number of carboxylic acid groups (broad SMARTS) is 1. The summed E-state index contributed by atoms with van der Waals surface area (Å²) in [6, 6.07) is 12.0. The zero-order valence-electron chi connectivity index (χ0n) is 35.4. The second kappa shape index (κ2) is 21.6. The number of aliphatic hydroxyl groups is 5. The van der Waals surface area contributed by atoms with Crippen molar-refractivity contribution in [2.45, 2.75) is 157 Å². The number of aromatic amines is 1. The standard InChI is InChI=1S/C47H66N6O9/c48-34(14-9-29(27-55)10-15-42(56)57)5-3-6-35-32(13-12-31-22-30-11-8-28(16-20-54)21-33(30)23-36(31)35)24-38(51-41-7-4-19-50-41)37(25-43(58)59)39-26-40(53-46(49)52-39)44(60)45(61)47(62)17-1-2-18-47/h4,7-8,11,19-23,25,27,29,32,34-35,38-40,42,44-45,50-51,56-57,60-62H,1-3,5-6,9-10,12-18,24,26,48H2,(H,58,59)(H3,49,52,53)/b37-25-/t29-,32+,34+,35+,38+,39-,40+,44-,45-/m0/s1. The maximum Gasteiger partial charge on any atom is 0.328 e. The monoisotopic (exact) mass is 858 g/mol. The van der Waals surface area contributed by atoms with Crippen LogP contribution < -0.4 is 22.1 Å². The van der Waals surface area contributed by atoms with E-state index in [0.29, 0.717) is 62.8 Å². The smallest absolute Gasteiger partial charge is 0.328 e. The maximum absolute atomic E-state index is 12.7. The lowest BCUT2D eigenvalue weighted by Gasteiger charge is -2.41. The van der Waals surface area contributed by atoms with Crippen molar-refractivity contribution in [2.75, 3.05) is 5.32 Å². The summed E-state index contributed by atoms with van der Waals surface area (Å²) in [5, 5.41) is 71.6. The molecule has 15 heteroatoms. The van der Waals surface area contributed by atoms with Crippen molar-refractivity contribution in [3.8, 4) is 0 Å². The number of benzene rings is 2. The second-order valence-electron chi connectivity index (χ2n) is 18.0. The number of nitrogens with two attached hydrogens (primary N) is 2. The highest BCUT2D eigenvalue weighted by atomic mass is 16.5. The molecule has 338 valence electrons. The predicted octanol–water partition coefficient (Wildman–Crippen LogP) is 3.69. The third-order valence-corrected chi connectivity index (χ3v) is 13.6. The summed E-state index contributed by atoms with van der Waals surface area (Å²) < 4.78 is 0. The van der Waals surface area contributed by atoms with E-state index in [0.717, 1.165) is 67.4 Å². The van der Waals surface area contributed by atoms with Gasteiger partial charge < -0.3 is 67.3 Å². The van der Waals surface area contributed by atoms with Gasteiger partial charge in [0.15, 0.2) is 12.2 Å². The molecule has 1 aromatic heterocycles. The molecule has 15 nitrogen and oxygen atoms in total. The summed E-state index contributed by atoms with van der Waals surface area (Å²) in [6.07, 6.45) is 9.17. The number of aldehydes is 2. The predicted molar refractivity (Wildman–Crippen MR) is 237 cm³/mol. The number of nitrogens with zero attached hydrogens (tertiary/aromatic N) is 1. The Hall–Kier alpha value is -4.64. The average molecular weight is 859 g/mol. The number of anilines is 1. The summed E-state index contributed by atoms with van der Waals surface area (Å²) in [5.74, 6) is -0.639. The van der Waals surface area contributed by atoms with Crippen molar-refractivity contribution in [1.82, 2.24) is 10.3 Å². The molecule has 0 spiro atoms. The number of hydrogen-bond donors (Lipinski definition) is 11. The summed E-state index contributed by atoms with van der Waals surface area (Å²) in [7, 11) is 0. The number of guanidine groups is 1. The molecule has 2 heterocycles. The highest BCUT2D eigenvalue weighted by molar-refractivity contribution is 5.86. The molecule has 0 amide bonds. The van der Waals surface area contributed by atoms with Crippen molar-refractivity contribution in [3.05, 3.63) is 77.0 Å². The van der Waals surface area contributed by atoms with E-state index in [1.807, 2.05) is 18.2 Å². The van der Waals surface area contributed by atoms with Gasteiger partial charge in [0, 0.05) is 30.7 Å². The molecule has 13 N–H and O–H groups in total. The van der Waals surface area contributed by atoms with Crippen LogP contribution in [-0.2, 0) is 27.2 Å². The number of hydrogen-bond acceptors (Lipinski definition) is 13. The molecule has 6 rings (SSSR count). The minimum Gasteiger partial charge on any atom is -0.478 e. The van der Waals surface area contributed by atoms with Gasteiger partial charge in [0.1, 0.15) is 30.6 Å². The van der Waals surface area contributed by atoms with E-state index in [-0.39, 0.29) is 42.6 Å². The lowest BCUT2D eigenvalue weighted by molar-refractivity contribution is -0.131. The molecule has 3 aliphatic rings. The van der Waals surface area contributed by atoms with Gasteiger partial charge >= 0.3 is 5.97 Å². The third-order valence-electron chi connectivity index (χ3n) is 13.6. The van der Waals surface area contributed by atoms with Gasteiger partial charge in [0.2, 0.25) is 0 Å². The Morgan fingerprint density at radius 1 is 1.00 bits per heavy atom. The number of aromatic nitrogens is 1. The lowest BCUT2D eigenvalue weighted by Crippen LogP contribution is -2.57. The van der Waals surface area contributed by atoms with E-state index in [1.165, 1.54) is 17.2 Å². The fraction of sp³-hybridized carbons (Fsp3) is 0.574. The van der Waals surface area contributed by atoms with Gasteiger partial charge in [-0.2, -0.15) is 0 Å². The average Bonchev–Trinajstić information content (AvgIpc) is 3.94. The molecule has 3 aromatic rings. The van der Waals surface area contributed by atoms with Crippen LogP contribution in [0.3, 0.4) is 0 Å². The van der Waals surface area contributed by atoms with Crippen LogP contribution in [0.25, 0.3) is 10.8 Å². The number of fused-ring (bicyclic) bond motifs is 2. The molecule has 1 fully saturated rings. The van der Waals surface area contributed by atoms with Crippen molar-refractivity contribution in [1.29, 1.82) is 0 Å². The SMILES string of the molecule is NC1=N[C@@H]([C@H](O)[C@H](O)C2(O)CCCC2)C[C@@H](/C(=C\C(=O)O)[C@@H](C[C@H]2CCc3cc4ccc(CC=O)cc4cc3[C@@H]2CCC[C@@H](N)CC[C@H](C=O)CCC(O)O)Nc2ccc[nH]2)N1. The molecule has 1 saturated carbocycles. The summed E-state index contributed by atoms with van der Waals surface area (Å²) in [6.45, 7) is 0. The maximum atomic E-state index is 12.7. The van der Waals surface area contributed by atoms with Crippen LogP contribution in [0.1, 0.15) is 112 Å². The van der Waals surface area contributed by atoms with Crippen LogP contribution in [0, 0.1) is 11.8 Å². The Morgan fingerprint density at radius 2 is 1.77 bits per heavy atom. The van der Waals surface area contributed by atoms with Crippen molar-refractivity contribution < 1.29 is 45.0 Å². The second-order valence-corrected chi connectivity index (χ2v) is 18.0. The molecule has 2 aromatic carbocycles. The van der Waals surface area contributed by atoms with E-state index < -0.39 is 48.2 Å². The topological polar surface area (TPSA) is 277 Å². The Morgan fingerprint density at radius 3 is 2.47 bits per heavy atom. The van der Waals surface area contributed by atoms with Crippen molar-refractivity contribution in [2.24, 2.45) is 28.3 Å². The van der Waals surface area contributed by atoms with E-state index in [1.54, 1.807) is 6.20 Å². The highest BCUT2D eigenvalue weighted by Crippen LogP contribution is 2.45. The van der Waals surface area contributed by atoms with Crippen LogP contribution in [-0.4, -0.2) is 108 Å². The first-order chi connectivity index (χ1) is 29.8. The molecule has 9 atom stereocenters. The zero-order chi connectivity index (χ0) is 44.4. The number of aryl methyl sites for hydroxylation is 1. The summed E-state index contributed by atoms with van der Waals surface area (Å²) >= 11 is 0. The first-order valence-corrected chi connectivity index (χ1v) is 22.4. The third kappa shape index (κ3) is 12.1. The molecule has 62 heavy (non-hydrogen) atoms. The highest BCUT2D eigenvalue weighted by Gasteiger charge is 2.46. The fourth-order valence-electron chi connectivity index (χ4n) is 10.3. The number of H-pyrrole nitrogens is 1. The lowest BCUT2D eigenvalue weighted by atomic mass is 9.69. The minimum absolute atomic E-state index is 0.00193. The molecule has 0 saturated heterocycles.